The van der Waals surface area contributed by atoms with Crippen LogP contribution in [0.25, 0.3) is 0 Å². The number of carbonyl (C=O) groups is 1. The molecule has 0 aromatic heterocycles. The zero-order valence-electron chi connectivity index (χ0n) is 8.86. The molecule has 0 saturated heterocycles. The molecule has 4 nitrogen and oxygen atoms in total. The molecule has 0 saturated carbocycles. The Morgan fingerprint density at radius 1 is 1.53 bits per heavy atom. The van der Waals surface area contributed by atoms with Gasteiger partial charge in [0.25, 0.3) is 0 Å². The second-order valence-corrected chi connectivity index (χ2v) is 3.76. The smallest absolute Gasteiger partial charge is 0.316 e. The molecular weight excluding hydrogens is 194 g/mol. The zero-order valence-corrected chi connectivity index (χ0v) is 8.86. The molecule has 0 spiro atoms. The highest BCUT2D eigenvalue weighted by Gasteiger charge is 2.36. The molecule has 15 heavy (non-hydrogen) atoms. The van der Waals surface area contributed by atoms with Gasteiger partial charge in [-0.15, -0.1) is 0 Å². The number of benzene rings is 1. The number of hydrogen-bond donors (Lipinski definition) is 2. The monoisotopic (exact) mass is 209 g/mol. The number of hydrogen-bond acceptors (Lipinski definition) is 3. The fourth-order valence-electron chi connectivity index (χ4n) is 1.61. The molecule has 0 aliphatic carbocycles. The third-order valence-electron chi connectivity index (χ3n) is 2.58. The maximum atomic E-state index is 11.2. The highest BCUT2D eigenvalue weighted by molar-refractivity contribution is 5.81. The Morgan fingerprint density at radius 2 is 2.13 bits per heavy atom. The lowest BCUT2D eigenvalue weighted by molar-refractivity contribution is -0.145. The zero-order chi connectivity index (χ0) is 11.5. The maximum Gasteiger partial charge on any atom is 0.316 e. The molecule has 4 heteroatoms. The molecule has 0 amide bonds. The van der Waals surface area contributed by atoms with E-state index in [1.807, 2.05) is 19.1 Å². The van der Waals surface area contributed by atoms with Gasteiger partial charge in [-0.1, -0.05) is 24.3 Å². The Balaban J connectivity index is 3.21. The lowest BCUT2D eigenvalue weighted by Crippen LogP contribution is -2.39. The second-order valence-electron chi connectivity index (χ2n) is 3.76. The molecule has 1 atom stereocenters. The van der Waals surface area contributed by atoms with Crippen molar-refractivity contribution >= 4 is 5.97 Å². The summed E-state index contributed by atoms with van der Waals surface area (Å²) in [5.74, 6) is 4.03. The number of aliphatic carboxylic acids is 1. The van der Waals surface area contributed by atoms with E-state index in [0.717, 1.165) is 11.1 Å². The van der Waals surface area contributed by atoms with E-state index >= 15 is 0 Å². The van der Waals surface area contributed by atoms with E-state index in [1.165, 1.54) is 0 Å². The standard InChI is InChI=1S/C11H15NO3/c1-8-5-3-4-6-9(8)11(2,7-15-12)10(13)14/h3-6H,7,12H2,1-2H3,(H,13,14). The van der Waals surface area contributed by atoms with Crippen molar-refractivity contribution in [2.45, 2.75) is 19.3 Å². The number of rotatable bonds is 4. The van der Waals surface area contributed by atoms with Crippen LogP contribution in [-0.4, -0.2) is 17.7 Å². The van der Waals surface area contributed by atoms with E-state index in [1.54, 1.807) is 19.1 Å². The molecule has 1 rings (SSSR count). The van der Waals surface area contributed by atoms with Gasteiger partial charge in [0.1, 0.15) is 5.41 Å². The molecule has 1 unspecified atom stereocenters. The molecule has 0 radical (unpaired) electrons. The molecule has 0 heterocycles. The number of nitrogens with two attached hydrogens (primary N) is 1. The van der Waals surface area contributed by atoms with E-state index < -0.39 is 11.4 Å². The highest BCUT2D eigenvalue weighted by atomic mass is 16.6. The molecular formula is C11H15NO3. The quantitative estimate of drug-likeness (QED) is 0.731. The van der Waals surface area contributed by atoms with E-state index in [0.29, 0.717) is 0 Å². The lowest BCUT2D eigenvalue weighted by atomic mass is 9.81. The largest absolute Gasteiger partial charge is 0.481 e. The predicted molar refractivity (Wildman–Crippen MR) is 56.3 cm³/mol. The molecule has 3 N–H and O–H groups in total. The van der Waals surface area contributed by atoms with Crippen LogP contribution in [0.5, 0.6) is 0 Å². The van der Waals surface area contributed by atoms with Crippen molar-refractivity contribution in [3.05, 3.63) is 35.4 Å². The van der Waals surface area contributed by atoms with Crippen molar-refractivity contribution in [2.24, 2.45) is 5.90 Å². The average Bonchev–Trinajstić information content (AvgIpc) is 2.18. The van der Waals surface area contributed by atoms with Crippen LogP contribution < -0.4 is 5.90 Å². The Morgan fingerprint density at radius 3 is 2.60 bits per heavy atom. The van der Waals surface area contributed by atoms with E-state index in [-0.39, 0.29) is 6.61 Å². The summed E-state index contributed by atoms with van der Waals surface area (Å²) in [5.41, 5.74) is 0.544. The van der Waals surface area contributed by atoms with E-state index in [2.05, 4.69) is 4.84 Å². The summed E-state index contributed by atoms with van der Waals surface area (Å²) in [5, 5.41) is 9.21. The maximum absolute atomic E-state index is 11.2. The first-order valence-electron chi connectivity index (χ1n) is 4.63. The summed E-state index contributed by atoms with van der Waals surface area (Å²) in [6, 6.07) is 7.32. The topological polar surface area (TPSA) is 72.5 Å². The Kier molecular flexibility index (Phi) is 3.44. The van der Waals surface area contributed by atoms with Gasteiger partial charge < -0.3 is 9.94 Å². The molecule has 1 aromatic carbocycles. The minimum absolute atomic E-state index is 0.0484. The van der Waals surface area contributed by atoms with Crippen molar-refractivity contribution < 1.29 is 14.7 Å². The van der Waals surface area contributed by atoms with Crippen molar-refractivity contribution in [3.63, 3.8) is 0 Å². The van der Waals surface area contributed by atoms with Gasteiger partial charge in [0.15, 0.2) is 0 Å². The Hall–Kier alpha value is -1.39. The minimum atomic E-state index is -1.10. The molecule has 0 fully saturated rings. The van der Waals surface area contributed by atoms with Gasteiger partial charge in [-0.05, 0) is 25.0 Å². The van der Waals surface area contributed by atoms with Crippen LogP contribution in [-0.2, 0) is 15.0 Å². The van der Waals surface area contributed by atoms with Crippen LogP contribution >= 0.6 is 0 Å². The van der Waals surface area contributed by atoms with E-state index in [4.69, 9.17) is 5.90 Å². The summed E-state index contributed by atoms with van der Waals surface area (Å²) >= 11 is 0. The third-order valence-corrected chi connectivity index (χ3v) is 2.58. The van der Waals surface area contributed by atoms with Crippen LogP contribution in [0.4, 0.5) is 0 Å². The SMILES string of the molecule is Cc1ccccc1C(C)(CON)C(=O)O. The number of aryl methyl sites for hydroxylation is 1. The first kappa shape index (κ1) is 11.7. The summed E-state index contributed by atoms with van der Waals surface area (Å²) < 4.78 is 0. The highest BCUT2D eigenvalue weighted by Crippen LogP contribution is 2.27. The summed E-state index contributed by atoms with van der Waals surface area (Å²) in [4.78, 5) is 15.7. The van der Waals surface area contributed by atoms with E-state index in [9.17, 15) is 9.90 Å². The van der Waals surface area contributed by atoms with Crippen molar-refractivity contribution in [1.82, 2.24) is 0 Å². The van der Waals surface area contributed by atoms with Crippen LogP contribution in [0.2, 0.25) is 0 Å². The summed E-state index contributed by atoms with van der Waals surface area (Å²) in [7, 11) is 0. The van der Waals surface area contributed by atoms with Crippen molar-refractivity contribution in [3.8, 4) is 0 Å². The molecule has 1 aromatic rings. The van der Waals surface area contributed by atoms with Crippen LogP contribution in [0.15, 0.2) is 24.3 Å². The predicted octanol–water partition coefficient (Wildman–Crippen LogP) is 1.23. The summed E-state index contributed by atoms with van der Waals surface area (Å²) in [6.45, 7) is 3.42. The van der Waals surface area contributed by atoms with Gasteiger partial charge in [0.2, 0.25) is 0 Å². The number of carboxylic acid groups (broad SMARTS) is 1. The van der Waals surface area contributed by atoms with Gasteiger partial charge in [0.05, 0.1) is 6.61 Å². The van der Waals surface area contributed by atoms with Gasteiger partial charge in [-0.3, -0.25) is 4.79 Å². The normalized spacial score (nSPS) is 14.6. The molecule has 0 bridgehead atoms. The fourth-order valence-corrected chi connectivity index (χ4v) is 1.61. The second kappa shape index (κ2) is 4.42. The molecule has 82 valence electrons. The summed E-state index contributed by atoms with van der Waals surface area (Å²) in [6.07, 6.45) is 0. The molecule has 0 aliphatic rings. The fraction of sp³-hybridized carbons (Fsp3) is 0.364. The van der Waals surface area contributed by atoms with Crippen molar-refractivity contribution in [1.29, 1.82) is 0 Å². The Labute approximate surface area is 88.6 Å². The van der Waals surface area contributed by atoms with Crippen molar-refractivity contribution in [2.75, 3.05) is 6.61 Å². The lowest BCUT2D eigenvalue weighted by Gasteiger charge is -2.25. The van der Waals surface area contributed by atoms with Crippen LogP contribution in [0, 0.1) is 6.92 Å². The van der Waals surface area contributed by atoms with Gasteiger partial charge in [0, 0.05) is 0 Å². The van der Waals surface area contributed by atoms with Gasteiger partial charge >= 0.3 is 5.97 Å². The first-order valence-corrected chi connectivity index (χ1v) is 4.63. The van der Waals surface area contributed by atoms with Crippen LogP contribution in [0.1, 0.15) is 18.1 Å². The third kappa shape index (κ3) is 2.16. The first-order chi connectivity index (χ1) is 7.02. The van der Waals surface area contributed by atoms with Gasteiger partial charge in [-0.2, -0.15) is 0 Å². The minimum Gasteiger partial charge on any atom is -0.481 e. The van der Waals surface area contributed by atoms with Gasteiger partial charge in [-0.25, -0.2) is 5.90 Å². The van der Waals surface area contributed by atoms with Crippen LogP contribution in [0.3, 0.4) is 0 Å². The Bertz CT molecular complexity index is 365. The molecule has 0 aliphatic heterocycles. The average molecular weight is 209 g/mol. The number of carboxylic acids is 1.